The second-order valence-corrected chi connectivity index (χ2v) is 4.75. The van der Waals surface area contributed by atoms with Crippen LogP contribution in [0.2, 0.25) is 0 Å². The van der Waals surface area contributed by atoms with Crippen LogP contribution in [0.25, 0.3) is 0 Å². The van der Waals surface area contributed by atoms with Gasteiger partial charge in [-0.05, 0) is 13.0 Å². The molecule has 0 saturated carbocycles. The topological polar surface area (TPSA) is 71.8 Å². The van der Waals surface area contributed by atoms with Crippen molar-refractivity contribution in [1.82, 2.24) is 20.1 Å². The third-order valence-electron chi connectivity index (χ3n) is 3.31. The summed E-state index contributed by atoms with van der Waals surface area (Å²) in [6.45, 7) is 2.52. The van der Waals surface area contributed by atoms with Crippen LogP contribution in [0.1, 0.15) is 23.0 Å². The third-order valence-corrected chi connectivity index (χ3v) is 3.31. The minimum atomic E-state index is -0.327. The molecular weight excluding hydrogens is 242 g/mol. The molecule has 1 unspecified atom stereocenters. The minimum absolute atomic E-state index is 0.0252. The summed E-state index contributed by atoms with van der Waals surface area (Å²) in [7, 11) is 1.88. The van der Waals surface area contributed by atoms with Crippen LogP contribution in [-0.4, -0.2) is 20.7 Å². The summed E-state index contributed by atoms with van der Waals surface area (Å²) in [6.07, 6.45) is 1.64. The molecule has 98 valence electrons. The van der Waals surface area contributed by atoms with Crippen LogP contribution in [0.4, 0.5) is 5.69 Å². The highest BCUT2D eigenvalue weighted by molar-refractivity contribution is 6.02. The molecule has 1 atom stereocenters. The van der Waals surface area contributed by atoms with E-state index in [9.17, 15) is 4.79 Å². The molecule has 0 aliphatic carbocycles. The molecule has 1 amide bonds. The van der Waals surface area contributed by atoms with Crippen molar-refractivity contribution < 1.29 is 4.79 Å². The van der Waals surface area contributed by atoms with E-state index in [0.29, 0.717) is 6.54 Å². The fraction of sp³-hybridized carbons (Fsp3) is 0.308. The highest BCUT2D eigenvalue weighted by atomic mass is 16.2. The van der Waals surface area contributed by atoms with E-state index in [-0.39, 0.29) is 11.9 Å². The van der Waals surface area contributed by atoms with Crippen molar-refractivity contribution in [3.63, 3.8) is 0 Å². The Bertz CT molecular complexity index is 634. The molecule has 2 heterocycles. The molecule has 0 spiro atoms. The zero-order chi connectivity index (χ0) is 13.4. The SMILES string of the molecule is Cc1ccc2c(c1)C(NCc1nncn1C)C(=O)N2. The predicted molar refractivity (Wildman–Crippen MR) is 70.4 cm³/mol. The quantitative estimate of drug-likeness (QED) is 0.857. The highest BCUT2D eigenvalue weighted by Crippen LogP contribution is 2.31. The molecule has 1 aromatic carbocycles. The van der Waals surface area contributed by atoms with Crippen molar-refractivity contribution in [3.05, 3.63) is 41.5 Å². The van der Waals surface area contributed by atoms with Crippen LogP contribution in [-0.2, 0) is 18.4 Å². The molecule has 1 aliphatic rings. The molecule has 0 saturated heterocycles. The van der Waals surface area contributed by atoms with Crippen molar-refractivity contribution in [2.75, 3.05) is 5.32 Å². The van der Waals surface area contributed by atoms with Gasteiger partial charge in [-0.15, -0.1) is 10.2 Å². The molecule has 19 heavy (non-hydrogen) atoms. The Balaban J connectivity index is 1.81. The van der Waals surface area contributed by atoms with Crippen LogP contribution in [0.3, 0.4) is 0 Å². The number of aromatic nitrogens is 3. The number of aryl methyl sites for hydroxylation is 2. The van der Waals surface area contributed by atoms with Crippen molar-refractivity contribution >= 4 is 11.6 Å². The van der Waals surface area contributed by atoms with Gasteiger partial charge < -0.3 is 9.88 Å². The Morgan fingerprint density at radius 3 is 3.05 bits per heavy atom. The van der Waals surface area contributed by atoms with Crippen molar-refractivity contribution in [1.29, 1.82) is 0 Å². The van der Waals surface area contributed by atoms with Gasteiger partial charge >= 0.3 is 0 Å². The Kier molecular flexibility index (Phi) is 2.79. The fourth-order valence-electron chi connectivity index (χ4n) is 2.24. The Labute approximate surface area is 110 Å². The van der Waals surface area contributed by atoms with Gasteiger partial charge in [0.2, 0.25) is 5.91 Å². The lowest BCUT2D eigenvalue weighted by Gasteiger charge is -2.11. The van der Waals surface area contributed by atoms with E-state index in [1.165, 1.54) is 0 Å². The van der Waals surface area contributed by atoms with Gasteiger partial charge in [-0.25, -0.2) is 0 Å². The monoisotopic (exact) mass is 257 g/mol. The Morgan fingerprint density at radius 2 is 2.32 bits per heavy atom. The van der Waals surface area contributed by atoms with Crippen molar-refractivity contribution in [3.8, 4) is 0 Å². The smallest absolute Gasteiger partial charge is 0.246 e. The van der Waals surface area contributed by atoms with Crippen molar-refractivity contribution in [2.45, 2.75) is 19.5 Å². The molecule has 1 aliphatic heterocycles. The molecule has 0 radical (unpaired) electrons. The molecule has 1 aromatic heterocycles. The lowest BCUT2D eigenvalue weighted by molar-refractivity contribution is -0.117. The van der Waals surface area contributed by atoms with Crippen LogP contribution in [0.5, 0.6) is 0 Å². The summed E-state index contributed by atoms with van der Waals surface area (Å²) in [4.78, 5) is 12.0. The second kappa shape index (κ2) is 4.47. The fourth-order valence-corrected chi connectivity index (χ4v) is 2.24. The highest BCUT2D eigenvalue weighted by Gasteiger charge is 2.30. The number of amides is 1. The molecule has 3 rings (SSSR count). The first-order chi connectivity index (χ1) is 9.15. The van der Waals surface area contributed by atoms with Gasteiger partial charge in [-0.1, -0.05) is 17.7 Å². The minimum Gasteiger partial charge on any atom is -0.324 e. The summed E-state index contributed by atoms with van der Waals surface area (Å²) >= 11 is 0. The first kappa shape index (κ1) is 11.9. The van der Waals surface area contributed by atoms with E-state index in [4.69, 9.17) is 0 Å². The van der Waals surface area contributed by atoms with E-state index in [2.05, 4.69) is 20.8 Å². The number of benzene rings is 1. The van der Waals surface area contributed by atoms with Gasteiger partial charge in [0, 0.05) is 18.3 Å². The van der Waals surface area contributed by atoms with E-state index in [1.807, 2.05) is 36.7 Å². The maximum atomic E-state index is 12.0. The zero-order valence-corrected chi connectivity index (χ0v) is 10.8. The Hall–Kier alpha value is -2.21. The number of hydrogen-bond acceptors (Lipinski definition) is 4. The van der Waals surface area contributed by atoms with E-state index < -0.39 is 0 Å². The van der Waals surface area contributed by atoms with Gasteiger partial charge in [0.15, 0.2) is 0 Å². The number of anilines is 1. The third kappa shape index (κ3) is 2.10. The number of carbonyl (C=O) groups is 1. The number of nitrogens with one attached hydrogen (secondary N) is 2. The molecule has 2 N–H and O–H groups in total. The summed E-state index contributed by atoms with van der Waals surface area (Å²) in [5.74, 6) is 0.775. The van der Waals surface area contributed by atoms with E-state index in [1.54, 1.807) is 6.33 Å². The number of carbonyl (C=O) groups excluding carboxylic acids is 1. The van der Waals surface area contributed by atoms with Gasteiger partial charge in [0.1, 0.15) is 18.2 Å². The van der Waals surface area contributed by atoms with E-state index in [0.717, 1.165) is 22.6 Å². The van der Waals surface area contributed by atoms with Crippen LogP contribution in [0, 0.1) is 6.92 Å². The average Bonchev–Trinajstić information content (AvgIpc) is 2.90. The summed E-state index contributed by atoms with van der Waals surface area (Å²) < 4.78 is 1.83. The van der Waals surface area contributed by atoms with Gasteiger partial charge in [0.25, 0.3) is 0 Å². The number of rotatable bonds is 3. The lowest BCUT2D eigenvalue weighted by Crippen LogP contribution is -2.28. The maximum Gasteiger partial charge on any atom is 0.246 e. The van der Waals surface area contributed by atoms with Crippen LogP contribution in [0.15, 0.2) is 24.5 Å². The number of nitrogens with zero attached hydrogens (tertiary/aromatic N) is 3. The van der Waals surface area contributed by atoms with Gasteiger partial charge in [0.05, 0.1) is 6.54 Å². The largest absolute Gasteiger partial charge is 0.324 e. The first-order valence-corrected chi connectivity index (χ1v) is 6.13. The van der Waals surface area contributed by atoms with Gasteiger partial charge in [-0.3, -0.25) is 10.1 Å². The second-order valence-electron chi connectivity index (χ2n) is 4.75. The standard InChI is InChI=1S/C13H15N5O/c1-8-3-4-10-9(5-8)12(13(19)16-10)14-6-11-17-15-7-18(11)2/h3-5,7,12,14H,6H2,1-2H3,(H,16,19). The molecule has 6 heteroatoms. The first-order valence-electron chi connectivity index (χ1n) is 6.13. The van der Waals surface area contributed by atoms with Crippen molar-refractivity contribution in [2.24, 2.45) is 7.05 Å². The maximum absolute atomic E-state index is 12.0. The normalized spacial score (nSPS) is 17.4. The number of fused-ring (bicyclic) bond motifs is 1. The number of hydrogen-bond donors (Lipinski definition) is 2. The van der Waals surface area contributed by atoms with E-state index >= 15 is 0 Å². The predicted octanol–water partition coefficient (Wildman–Crippen LogP) is 0.907. The zero-order valence-electron chi connectivity index (χ0n) is 10.8. The van der Waals surface area contributed by atoms with Crippen LogP contribution >= 0.6 is 0 Å². The molecule has 2 aromatic rings. The van der Waals surface area contributed by atoms with Crippen LogP contribution < -0.4 is 10.6 Å². The molecule has 0 fully saturated rings. The summed E-state index contributed by atoms with van der Waals surface area (Å²) in [5.41, 5.74) is 3.01. The lowest BCUT2D eigenvalue weighted by atomic mass is 10.1. The molecule has 6 nitrogen and oxygen atoms in total. The summed E-state index contributed by atoms with van der Waals surface area (Å²) in [5, 5.41) is 13.9. The molecule has 0 bridgehead atoms. The van der Waals surface area contributed by atoms with Gasteiger partial charge in [-0.2, -0.15) is 0 Å². The summed E-state index contributed by atoms with van der Waals surface area (Å²) in [6, 6.07) is 5.63. The Morgan fingerprint density at radius 1 is 1.47 bits per heavy atom. The average molecular weight is 257 g/mol. The molecular formula is C13H15N5O.